The molecule has 1 rings (SSSR count). The summed E-state index contributed by atoms with van der Waals surface area (Å²) in [4.78, 5) is 4.02. The van der Waals surface area contributed by atoms with Crippen molar-refractivity contribution in [3.8, 4) is 5.75 Å². The zero-order chi connectivity index (χ0) is 13.7. The molecule has 0 spiro atoms. The van der Waals surface area contributed by atoms with Crippen LogP contribution in [0.1, 0.15) is 36.5 Å². The van der Waals surface area contributed by atoms with Gasteiger partial charge in [0.25, 0.3) is 0 Å². The van der Waals surface area contributed by atoms with Crippen LogP contribution in [0.25, 0.3) is 0 Å². The van der Waals surface area contributed by atoms with Crippen LogP contribution in [-0.2, 0) is 6.42 Å². The predicted molar refractivity (Wildman–Crippen MR) is 76.2 cm³/mol. The topological polar surface area (TPSA) is 73.6 Å². The van der Waals surface area contributed by atoms with Gasteiger partial charge in [0.1, 0.15) is 5.75 Å². The molecule has 4 N–H and O–H groups in total. The molecule has 18 heavy (non-hydrogen) atoms. The zero-order valence-corrected chi connectivity index (χ0v) is 11.7. The first kappa shape index (κ1) is 14.4. The van der Waals surface area contributed by atoms with Crippen molar-refractivity contribution in [1.29, 1.82) is 0 Å². The molecule has 0 aliphatic carbocycles. The van der Waals surface area contributed by atoms with Crippen LogP contribution in [0.5, 0.6) is 5.75 Å². The average Bonchev–Trinajstić information content (AvgIpc) is 2.29. The van der Waals surface area contributed by atoms with E-state index in [-0.39, 0.29) is 5.96 Å². The zero-order valence-electron chi connectivity index (χ0n) is 11.7. The molecule has 0 aromatic heterocycles. The van der Waals surface area contributed by atoms with Gasteiger partial charge < -0.3 is 16.2 Å². The van der Waals surface area contributed by atoms with Gasteiger partial charge in [0.15, 0.2) is 5.96 Å². The number of aliphatic imine (C=N–C) groups is 1. The standard InChI is InChI=1S/C14H23N3O/c1-9(2)12-8-11(5-6-17-14(15)16)10(3)7-13(12)18-4/h7-9H,5-6H2,1-4H3,(H4,15,16,17). The van der Waals surface area contributed by atoms with Crippen molar-refractivity contribution in [2.24, 2.45) is 16.5 Å². The maximum atomic E-state index is 5.42. The number of ether oxygens (including phenoxy) is 1. The number of hydrogen-bond acceptors (Lipinski definition) is 2. The largest absolute Gasteiger partial charge is 0.496 e. The molecule has 0 heterocycles. The molecule has 4 nitrogen and oxygen atoms in total. The molecule has 4 heteroatoms. The number of aryl methyl sites for hydroxylation is 1. The second-order valence-corrected chi connectivity index (χ2v) is 4.73. The van der Waals surface area contributed by atoms with E-state index >= 15 is 0 Å². The Hall–Kier alpha value is -1.71. The Morgan fingerprint density at radius 2 is 2.00 bits per heavy atom. The summed E-state index contributed by atoms with van der Waals surface area (Å²) in [5.41, 5.74) is 14.4. The van der Waals surface area contributed by atoms with E-state index in [0.29, 0.717) is 12.5 Å². The molecule has 0 saturated heterocycles. The molecule has 0 aliphatic heterocycles. The molecule has 0 atom stereocenters. The highest BCUT2D eigenvalue weighted by atomic mass is 16.5. The van der Waals surface area contributed by atoms with Crippen LogP contribution in [-0.4, -0.2) is 19.6 Å². The smallest absolute Gasteiger partial charge is 0.185 e. The van der Waals surface area contributed by atoms with E-state index in [1.807, 2.05) is 0 Å². The summed E-state index contributed by atoms with van der Waals surface area (Å²) in [6.07, 6.45) is 0.841. The average molecular weight is 249 g/mol. The van der Waals surface area contributed by atoms with Crippen LogP contribution < -0.4 is 16.2 Å². The number of methoxy groups -OCH3 is 1. The maximum absolute atomic E-state index is 5.42. The van der Waals surface area contributed by atoms with Crippen molar-refractivity contribution in [2.75, 3.05) is 13.7 Å². The van der Waals surface area contributed by atoms with Gasteiger partial charge in [-0.2, -0.15) is 0 Å². The summed E-state index contributed by atoms with van der Waals surface area (Å²) in [7, 11) is 1.71. The van der Waals surface area contributed by atoms with Crippen LogP contribution in [0, 0.1) is 6.92 Å². The van der Waals surface area contributed by atoms with Gasteiger partial charge in [-0.15, -0.1) is 0 Å². The predicted octanol–water partition coefficient (Wildman–Crippen LogP) is 1.94. The summed E-state index contributed by atoms with van der Waals surface area (Å²) in [5, 5.41) is 0. The molecule has 0 fully saturated rings. The van der Waals surface area contributed by atoms with Crippen molar-refractivity contribution in [3.05, 3.63) is 28.8 Å². The Morgan fingerprint density at radius 3 is 2.50 bits per heavy atom. The summed E-state index contributed by atoms with van der Waals surface area (Å²) < 4.78 is 5.42. The maximum Gasteiger partial charge on any atom is 0.185 e. The summed E-state index contributed by atoms with van der Waals surface area (Å²) in [6.45, 7) is 7.02. The van der Waals surface area contributed by atoms with E-state index in [9.17, 15) is 0 Å². The van der Waals surface area contributed by atoms with Crippen LogP contribution in [0.15, 0.2) is 17.1 Å². The van der Waals surface area contributed by atoms with Gasteiger partial charge in [-0.1, -0.05) is 19.9 Å². The number of rotatable bonds is 5. The van der Waals surface area contributed by atoms with Crippen molar-refractivity contribution >= 4 is 5.96 Å². The fourth-order valence-electron chi connectivity index (χ4n) is 1.95. The van der Waals surface area contributed by atoms with Crippen LogP contribution in [0.4, 0.5) is 0 Å². The highest BCUT2D eigenvalue weighted by molar-refractivity contribution is 5.75. The Morgan fingerprint density at radius 1 is 1.33 bits per heavy atom. The number of nitrogens with zero attached hydrogens (tertiary/aromatic N) is 1. The molecule has 0 aliphatic rings. The van der Waals surface area contributed by atoms with E-state index in [1.54, 1.807) is 7.11 Å². The van der Waals surface area contributed by atoms with E-state index < -0.39 is 0 Å². The second kappa shape index (κ2) is 6.28. The van der Waals surface area contributed by atoms with Crippen LogP contribution >= 0.6 is 0 Å². The first-order valence-corrected chi connectivity index (χ1v) is 6.18. The number of hydrogen-bond donors (Lipinski definition) is 2. The molecule has 0 saturated carbocycles. The third kappa shape index (κ3) is 3.65. The lowest BCUT2D eigenvalue weighted by molar-refractivity contribution is 0.407. The van der Waals surface area contributed by atoms with Gasteiger partial charge in [-0.05, 0) is 42.0 Å². The van der Waals surface area contributed by atoms with E-state index in [0.717, 1.165) is 12.2 Å². The highest BCUT2D eigenvalue weighted by Gasteiger charge is 2.10. The summed E-state index contributed by atoms with van der Waals surface area (Å²) in [5.74, 6) is 1.53. The monoisotopic (exact) mass is 249 g/mol. The number of guanidine groups is 1. The minimum Gasteiger partial charge on any atom is -0.496 e. The molecule has 0 amide bonds. The highest BCUT2D eigenvalue weighted by Crippen LogP contribution is 2.29. The Labute approximate surface area is 109 Å². The van der Waals surface area contributed by atoms with Crippen molar-refractivity contribution < 1.29 is 4.74 Å². The van der Waals surface area contributed by atoms with Gasteiger partial charge in [0.05, 0.1) is 7.11 Å². The molecule has 0 bridgehead atoms. The second-order valence-electron chi connectivity index (χ2n) is 4.73. The summed E-state index contributed by atoms with van der Waals surface area (Å²) in [6, 6.07) is 4.28. The molecule has 1 aromatic rings. The van der Waals surface area contributed by atoms with E-state index in [1.165, 1.54) is 16.7 Å². The van der Waals surface area contributed by atoms with Gasteiger partial charge in [-0.3, -0.25) is 4.99 Å². The van der Waals surface area contributed by atoms with Gasteiger partial charge in [-0.25, -0.2) is 0 Å². The molecular formula is C14H23N3O. The molecular weight excluding hydrogens is 226 g/mol. The lowest BCUT2D eigenvalue weighted by atomic mass is 9.95. The molecule has 0 unspecified atom stereocenters. The van der Waals surface area contributed by atoms with E-state index in [2.05, 4.69) is 37.9 Å². The van der Waals surface area contributed by atoms with Crippen LogP contribution in [0.3, 0.4) is 0 Å². The normalized spacial score (nSPS) is 10.5. The number of nitrogens with two attached hydrogens (primary N) is 2. The van der Waals surface area contributed by atoms with Crippen molar-refractivity contribution in [2.45, 2.75) is 33.1 Å². The van der Waals surface area contributed by atoms with Gasteiger partial charge >= 0.3 is 0 Å². The lowest BCUT2D eigenvalue weighted by Gasteiger charge is -2.15. The quantitative estimate of drug-likeness (QED) is 0.618. The first-order valence-electron chi connectivity index (χ1n) is 6.18. The Balaban J connectivity index is 2.98. The fourth-order valence-corrected chi connectivity index (χ4v) is 1.95. The minimum absolute atomic E-state index is 0.144. The molecule has 100 valence electrons. The third-order valence-corrected chi connectivity index (χ3v) is 2.99. The SMILES string of the molecule is COc1cc(C)c(CCN=C(N)N)cc1C(C)C. The molecule has 0 radical (unpaired) electrons. The molecule has 1 aromatic carbocycles. The van der Waals surface area contributed by atoms with E-state index in [4.69, 9.17) is 16.2 Å². The fraction of sp³-hybridized carbons (Fsp3) is 0.500. The minimum atomic E-state index is 0.144. The van der Waals surface area contributed by atoms with Crippen LogP contribution in [0.2, 0.25) is 0 Å². The van der Waals surface area contributed by atoms with Crippen molar-refractivity contribution in [3.63, 3.8) is 0 Å². The third-order valence-electron chi connectivity index (χ3n) is 2.99. The van der Waals surface area contributed by atoms with Gasteiger partial charge in [0.2, 0.25) is 0 Å². The first-order chi connectivity index (χ1) is 8.45. The Bertz CT molecular complexity index is 435. The van der Waals surface area contributed by atoms with Gasteiger partial charge in [0, 0.05) is 6.54 Å². The summed E-state index contributed by atoms with van der Waals surface area (Å²) >= 11 is 0. The van der Waals surface area contributed by atoms with Crippen molar-refractivity contribution in [1.82, 2.24) is 0 Å². The Kier molecular flexibility index (Phi) is 5.01. The number of benzene rings is 1. The lowest BCUT2D eigenvalue weighted by Crippen LogP contribution is -2.23.